The lowest BCUT2D eigenvalue weighted by Gasteiger charge is -2.31. The molecular weight excluding hydrogens is 262 g/mol. The maximum atomic E-state index is 13.3. The zero-order chi connectivity index (χ0) is 14.5. The van der Waals surface area contributed by atoms with E-state index in [0.717, 1.165) is 31.6 Å². The van der Waals surface area contributed by atoms with Crippen LogP contribution in [0.2, 0.25) is 0 Å². The van der Waals surface area contributed by atoms with Crippen LogP contribution in [0, 0.1) is 11.8 Å². The predicted octanol–water partition coefficient (Wildman–Crippen LogP) is 4.36. The molecule has 0 aromatic carbocycles. The van der Waals surface area contributed by atoms with Gasteiger partial charge in [-0.3, -0.25) is 4.79 Å². The molecular formula is C16H26F2O2. The number of ether oxygens (including phenoxy) is 1. The minimum Gasteiger partial charge on any atom is -0.462 e. The maximum absolute atomic E-state index is 13.3. The summed E-state index contributed by atoms with van der Waals surface area (Å²) < 4.78 is 31.7. The van der Waals surface area contributed by atoms with Gasteiger partial charge in [-0.1, -0.05) is 19.8 Å². The molecule has 116 valence electrons. The van der Waals surface area contributed by atoms with Gasteiger partial charge in [0, 0.05) is 6.42 Å². The molecule has 0 aliphatic heterocycles. The summed E-state index contributed by atoms with van der Waals surface area (Å²) in [7, 11) is 0. The lowest BCUT2D eigenvalue weighted by molar-refractivity contribution is -0.159. The van der Waals surface area contributed by atoms with E-state index in [1.54, 1.807) is 0 Å². The van der Waals surface area contributed by atoms with Crippen molar-refractivity contribution in [1.29, 1.82) is 0 Å². The van der Waals surface area contributed by atoms with Gasteiger partial charge in [-0.25, -0.2) is 8.78 Å². The Hall–Kier alpha value is -0.670. The Balaban J connectivity index is 1.73. The first-order chi connectivity index (χ1) is 9.60. The lowest BCUT2D eigenvalue weighted by Crippen LogP contribution is -2.35. The van der Waals surface area contributed by atoms with Crippen molar-refractivity contribution in [1.82, 2.24) is 0 Å². The van der Waals surface area contributed by atoms with Crippen LogP contribution >= 0.6 is 0 Å². The van der Waals surface area contributed by atoms with Crippen molar-refractivity contribution in [2.45, 2.75) is 83.2 Å². The number of carbonyl (C=O) groups is 1. The van der Waals surface area contributed by atoms with Crippen LogP contribution in [0.4, 0.5) is 8.78 Å². The molecule has 0 saturated heterocycles. The molecule has 4 heteroatoms. The second-order valence-corrected chi connectivity index (χ2v) is 6.41. The molecule has 0 aromatic rings. The third-order valence-electron chi connectivity index (χ3n) is 4.80. The Bertz CT molecular complexity index is 314. The van der Waals surface area contributed by atoms with E-state index in [0.29, 0.717) is 6.42 Å². The average molecular weight is 288 g/mol. The smallest absolute Gasteiger partial charge is 0.309 e. The highest BCUT2D eigenvalue weighted by Gasteiger charge is 2.34. The van der Waals surface area contributed by atoms with Gasteiger partial charge in [0.25, 0.3) is 0 Å². The fourth-order valence-corrected chi connectivity index (χ4v) is 3.51. The second-order valence-electron chi connectivity index (χ2n) is 6.41. The van der Waals surface area contributed by atoms with E-state index in [1.165, 1.54) is 12.8 Å². The zero-order valence-electron chi connectivity index (χ0n) is 12.3. The van der Waals surface area contributed by atoms with E-state index in [4.69, 9.17) is 4.74 Å². The minimum atomic E-state index is -1.47. The average Bonchev–Trinajstić information content (AvgIpc) is 2.44. The molecule has 0 spiro atoms. The van der Waals surface area contributed by atoms with Gasteiger partial charge < -0.3 is 4.74 Å². The van der Waals surface area contributed by atoms with E-state index >= 15 is 0 Å². The van der Waals surface area contributed by atoms with Crippen LogP contribution in [-0.2, 0) is 9.53 Å². The maximum Gasteiger partial charge on any atom is 0.309 e. The van der Waals surface area contributed by atoms with Crippen molar-refractivity contribution in [3.05, 3.63) is 0 Å². The zero-order valence-corrected chi connectivity index (χ0v) is 12.3. The summed E-state index contributed by atoms with van der Waals surface area (Å²) >= 11 is 0. The van der Waals surface area contributed by atoms with Crippen molar-refractivity contribution in [3.63, 3.8) is 0 Å². The first-order valence-corrected chi connectivity index (χ1v) is 8.08. The van der Waals surface area contributed by atoms with Crippen molar-refractivity contribution in [2.24, 2.45) is 11.8 Å². The van der Waals surface area contributed by atoms with Crippen LogP contribution in [0.3, 0.4) is 0 Å². The summed E-state index contributed by atoms with van der Waals surface area (Å²) in [5.41, 5.74) is 0. The van der Waals surface area contributed by atoms with Crippen LogP contribution in [0.5, 0.6) is 0 Å². The fraction of sp³-hybridized carbons (Fsp3) is 0.938. The van der Waals surface area contributed by atoms with Gasteiger partial charge in [-0.15, -0.1) is 0 Å². The largest absolute Gasteiger partial charge is 0.462 e. The second kappa shape index (κ2) is 7.37. The summed E-state index contributed by atoms with van der Waals surface area (Å²) in [5.74, 6) is 0.542. The van der Waals surface area contributed by atoms with E-state index in [1.807, 2.05) is 0 Å². The Morgan fingerprint density at radius 2 is 1.75 bits per heavy atom. The molecule has 2 nitrogen and oxygen atoms in total. The normalized spacial score (nSPS) is 38.5. The van der Waals surface area contributed by atoms with Crippen LogP contribution in [0.15, 0.2) is 0 Å². The lowest BCUT2D eigenvalue weighted by atomic mass is 9.80. The standard InChI is InChI=1S/C16H26F2O2/c1-2-3-11-4-6-12(7-5-11)16(19)20-13-8-9-14(17)15(18)10-13/h11-15H,2-10H2,1H3. The van der Waals surface area contributed by atoms with Crippen LogP contribution < -0.4 is 0 Å². The highest BCUT2D eigenvalue weighted by Crippen LogP contribution is 2.33. The summed E-state index contributed by atoms with van der Waals surface area (Å²) in [6, 6.07) is 0. The van der Waals surface area contributed by atoms with Gasteiger partial charge in [0.1, 0.15) is 18.4 Å². The van der Waals surface area contributed by atoms with Crippen molar-refractivity contribution < 1.29 is 18.3 Å². The Kier molecular flexibility index (Phi) is 5.79. The highest BCUT2D eigenvalue weighted by molar-refractivity contribution is 5.72. The number of alkyl halides is 2. The molecule has 0 N–H and O–H groups in total. The molecule has 20 heavy (non-hydrogen) atoms. The molecule has 2 aliphatic rings. The summed E-state index contributed by atoms with van der Waals surface area (Å²) in [6.07, 6.45) is 3.79. The topological polar surface area (TPSA) is 26.3 Å². The summed E-state index contributed by atoms with van der Waals surface area (Å²) in [6.45, 7) is 2.19. The molecule has 0 amide bonds. The first kappa shape index (κ1) is 15.7. The Morgan fingerprint density at radius 3 is 2.35 bits per heavy atom. The molecule has 2 fully saturated rings. The number of rotatable bonds is 4. The molecule has 3 unspecified atom stereocenters. The number of hydrogen-bond donors (Lipinski definition) is 0. The number of carbonyl (C=O) groups excluding carboxylic acids is 1. The minimum absolute atomic E-state index is 0.0238. The monoisotopic (exact) mass is 288 g/mol. The van der Waals surface area contributed by atoms with Crippen LogP contribution in [-0.4, -0.2) is 24.4 Å². The van der Waals surface area contributed by atoms with Crippen LogP contribution in [0.25, 0.3) is 0 Å². The van der Waals surface area contributed by atoms with E-state index in [9.17, 15) is 13.6 Å². The van der Waals surface area contributed by atoms with E-state index < -0.39 is 18.4 Å². The summed E-state index contributed by atoms with van der Waals surface area (Å²) in [5, 5.41) is 0. The number of esters is 1. The van der Waals surface area contributed by atoms with Gasteiger partial charge in [0.2, 0.25) is 0 Å². The quantitative estimate of drug-likeness (QED) is 0.718. The van der Waals surface area contributed by atoms with Crippen molar-refractivity contribution in [2.75, 3.05) is 0 Å². The third kappa shape index (κ3) is 4.16. The molecule has 0 aromatic heterocycles. The molecule has 2 rings (SSSR count). The third-order valence-corrected chi connectivity index (χ3v) is 4.80. The van der Waals surface area contributed by atoms with E-state index in [2.05, 4.69) is 6.92 Å². The van der Waals surface area contributed by atoms with Gasteiger partial charge in [0.15, 0.2) is 0 Å². The SMILES string of the molecule is CCCC1CCC(C(=O)OC2CCC(F)C(F)C2)CC1. The van der Waals surface area contributed by atoms with Crippen molar-refractivity contribution >= 4 is 5.97 Å². The van der Waals surface area contributed by atoms with Gasteiger partial charge >= 0.3 is 5.97 Å². The molecule has 0 heterocycles. The van der Waals surface area contributed by atoms with Gasteiger partial charge in [-0.2, -0.15) is 0 Å². The summed E-state index contributed by atoms with van der Waals surface area (Å²) in [4.78, 5) is 12.1. The fourth-order valence-electron chi connectivity index (χ4n) is 3.51. The first-order valence-electron chi connectivity index (χ1n) is 8.08. The number of hydrogen-bond acceptors (Lipinski definition) is 2. The van der Waals surface area contributed by atoms with Crippen molar-refractivity contribution in [3.8, 4) is 0 Å². The molecule has 3 atom stereocenters. The highest BCUT2D eigenvalue weighted by atomic mass is 19.2. The van der Waals surface area contributed by atoms with Gasteiger partial charge in [0.05, 0.1) is 5.92 Å². The molecule has 0 radical (unpaired) electrons. The predicted molar refractivity (Wildman–Crippen MR) is 73.9 cm³/mol. The van der Waals surface area contributed by atoms with Gasteiger partial charge in [-0.05, 0) is 44.4 Å². The molecule has 2 aliphatic carbocycles. The molecule has 2 saturated carbocycles. The Morgan fingerprint density at radius 1 is 1.05 bits per heavy atom. The van der Waals surface area contributed by atoms with E-state index in [-0.39, 0.29) is 24.7 Å². The Labute approximate surface area is 120 Å². The number of halogens is 2. The van der Waals surface area contributed by atoms with Crippen LogP contribution in [0.1, 0.15) is 64.7 Å². The molecule has 0 bridgehead atoms.